The van der Waals surface area contributed by atoms with Gasteiger partial charge in [-0.1, -0.05) is 11.6 Å². The van der Waals surface area contributed by atoms with Crippen LogP contribution in [0.25, 0.3) is 10.9 Å². The van der Waals surface area contributed by atoms with Crippen LogP contribution in [-0.2, 0) is 6.42 Å². The highest BCUT2D eigenvalue weighted by molar-refractivity contribution is 6.35. The monoisotopic (exact) mass is 268 g/mol. The van der Waals surface area contributed by atoms with Crippen molar-refractivity contribution in [2.24, 2.45) is 0 Å². The Bertz CT molecular complexity index is 562. The fraction of sp³-hybridized carbons (Fsp3) is 0.429. The van der Waals surface area contributed by atoms with Gasteiger partial charge in [0.25, 0.3) is 0 Å². The highest BCUT2D eigenvalue weighted by Crippen LogP contribution is 2.36. The van der Waals surface area contributed by atoms with Gasteiger partial charge in [0.05, 0.1) is 10.5 Å². The lowest BCUT2D eigenvalue weighted by Crippen LogP contribution is -2.12. The van der Waals surface area contributed by atoms with Crippen LogP contribution in [0.3, 0.4) is 0 Å². The standard InChI is InChI=1S/C12H11ClFN.C2H7N/c1-7-2-3-8-6-10(14)11(13)9-4-5-15(7)12(8)9;1-3-2/h4-7H,2-3H2,1H3;3H,1-2H3/t7-;/m0./s1. The number of hydrogen-bond acceptors (Lipinski definition) is 1. The Morgan fingerprint density at radius 1 is 1.44 bits per heavy atom. The van der Waals surface area contributed by atoms with Crippen LogP contribution in [0.15, 0.2) is 18.3 Å². The summed E-state index contributed by atoms with van der Waals surface area (Å²) in [5.74, 6) is -0.300. The normalized spacial score (nSPS) is 17.5. The van der Waals surface area contributed by atoms with Gasteiger partial charge in [0.15, 0.2) is 0 Å². The Hall–Kier alpha value is -1.06. The van der Waals surface area contributed by atoms with Gasteiger partial charge >= 0.3 is 0 Å². The molecule has 18 heavy (non-hydrogen) atoms. The van der Waals surface area contributed by atoms with E-state index in [1.165, 1.54) is 0 Å². The van der Waals surface area contributed by atoms with Gasteiger partial charge in [0.1, 0.15) is 5.82 Å². The number of aryl methyl sites for hydroxylation is 1. The maximum Gasteiger partial charge on any atom is 0.142 e. The average Bonchev–Trinajstić information content (AvgIpc) is 2.77. The number of benzene rings is 1. The molecule has 0 aliphatic carbocycles. The molecule has 2 aromatic rings. The molecule has 1 aliphatic rings. The van der Waals surface area contributed by atoms with Gasteiger partial charge < -0.3 is 9.88 Å². The number of aromatic nitrogens is 1. The number of nitrogens with zero attached hydrogens (tertiary/aromatic N) is 1. The summed E-state index contributed by atoms with van der Waals surface area (Å²) < 4.78 is 15.7. The topological polar surface area (TPSA) is 17.0 Å². The van der Waals surface area contributed by atoms with Crippen molar-refractivity contribution in [3.05, 3.63) is 34.7 Å². The average molecular weight is 269 g/mol. The van der Waals surface area contributed by atoms with E-state index in [0.29, 0.717) is 6.04 Å². The summed E-state index contributed by atoms with van der Waals surface area (Å²) in [6.45, 7) is 2.18. The molecule has 0 bridgehead atoms. The van der Waals surface area contributed by atoms with Gasteiger partial charge in [-0.25, -0.2) is 4.39 Å². The van der Waals surface area contributed by atoms with Crippen molar-refractivity contribution in [1.29, 1.82) is 0 Å². The van der Waals surface area contributed by atoms with Crippen molar-refractivity contribution in [2.75, 3.05) is 14.1 Å². The first-order valence-corrected chi connectivity index (χ1v) is 6.53. The van der Waals surface area contributed by atoms with E-state index in [2.05, 4.69) is 16.8 Å². The largest absolute Gasteiger partial charge is 0.344 e. The minimum atomic E-state index is -0.300. The van der Waals surface area contributed by atoms with Crippen LogP contribution in [-0.4, -0.2) is 18.7 Å². The van der Waals surface area contributed by atoms with Crippen molar-refractivity contribution in [1.82, 2.24) is 9.88 Å². The quantitative estimate of drug-likeness (QED) is 0.769. The summed E-state index contributed by atoms with van der Waals surface area (Å²) in [4.78, 5) is 0. The molecule has 2 heterocycles. The van der Waals surface area contributed by atoms with Crippen molar-refractivity contribution < 1.29 is 4.39 Å². The zero-order valence-electron chi connectivity index (χ0n) is 10.9. The lowest BCUT2D eigenvalue weighted by molar-refractivity contribution is 0.502. The van der Waals surface area contributed by atoms with E-state index >= 15 is 0 Å². The van der Waals surface area contributed by atoms with Gasteiger partial charge in [-0.05, 0) is 51.6 Å². The molecule has 4 heteroatoms. The van der Waals surface area contributed by atoms with Crippen LogP contribution in [0, 0.1) is 5.82 Å². The van der Waals surface area contributed by atoms with Crippen LogP contribution >= 0.6 is 11.6 Å². The highest BCUT2D eigenvalue weighted by Gasteiger charge is 2.20. The minimum Gasteiger partial charge on any atom is -0.344 e. The third-order valence-electron chi connectivity index (χ3n) is 3.27. The second-order valence-electron chi connectivity index (χ2n) is 4.70. The Kier molecular flexibility index (Phi) is 3.93. The predicted molar refractivity (Wildman–Crippen MR) is 74.9 cm³/mol. The molecule has 0 saturated carbocycles. The number of halogens is 2. The van der Waals surface area contributed by atoms with E-state index in [0.717, 1.165) is 29.3 Å². The van der Waals surface area contributed by atoms with Crippen LogP contribution in [0.5, 0.6) is 0 Å². The third-order valence-corrected chi connectivity index (χ3v) is 3.66. The predicted octanol–water partition coefficient (Wildman–Crippen LogP) is 3.78. The number of hydrogen-bond donors (Lipinski definition) is 1. The maximum absolute atomic E-state index is 13.5. The second kappa shape index (κ2) is 5.29. The van der Waals surface area contributed by atoms with E-state index < -0.39 is 0 Å². The number of nitrogens with one attached hydrogen (secondary N) is 1. The summed E-state index contributed by atoms with van der Waals surface area (Å²) in [6, 6.07) is 3.97. The smallest absolute Gasteiger partial charge is 0.142 e. The molecule has 1 aromatic carbocycles. The molecule has 98 valence electrons. The van der Waals surface area contributed by atoms with E-state index in [4.69, 9.17) is 11.6 Å². The molecule has 1 aliphatic heterocycles. The molecule has 0 spiro atoms. The first-order chi connectivity index (χ1) is 8.60. The molecular weight excluding hydrogens is 251 g/mol. The van der Waals surface area contributed by atoms with Gasteiger partial charge in [0.2, 0.25) is 0 Å². The van der Waals surface area contributed by atoms with Crippen molar-refractivity contribution in [3.8, 4) is 0 Å². The SMILES string of the molecule is CNC.C[C@H]1CCc2cc(F)c(Cl)c3ccn1c23. The summed E-state index contributed by atoms with van der Waals surface area (Å²) in [6.07, 6.45) is 4.01. The van der Waals surface area contributed by atoms with Crippen LogP contribution in [0.4, 0.5) is 4.39 Å². The van der Waals surface area contributed by atoms with Crippen molar-refractivity contribution >= 4 is 22.5 Å². The lowest BCUT2D eigenvalue weighted by Gasteiger charge is -2.22. The maximum atomic E-state index is 13.5. The Morgan fingerprint density at radius 2 is 2.11 bits per heavy atom. The van der Waals surface area contributed by atoms with E-state index in [1.807, 2.05) is 26.4 Å². The third kappa shape index (κ3) is 2.13. The van der Waals surface area contributed by atoms with Crippen LogP contribution < -0.4 is 5.32 Å². The molecule has 1 N–H and O–H groups in total. The molecule has 2 nitrogen and oxygen atoms in total. The van der Waals surface area contributed by atoms with Crippen LogP contribution in [0.2, 0.25) is 5.02 Å². The number of rotatable bonds is 0. The first kappa shape index (κ1) is 13.4. The zero-order valence-corrected chi connectivity index (χ0v) is 11.7. The molecule has 1 aromatic heterocycles. The van der Waals surface area contributed by atoms with Gasteiger partial charge in [-0.3, -0.25) is 0 Å². The Labute approximate surface area is 112 Å². The van der Waals surface area contributed by atoms with Crippen LogP contribution in [0.1, 0.15) is 24.9 Å². The fourth-order valence-corrected chi connectivity index (χ4v) is 2.65. The van der Waals surface area contributed by atoms with E-state index in [-0.39, 0.29) is 10.8 Å². The molecule has 1 atom stereocenters. The van der Waals surface area contributed by atoms with E-state index in [9.17, 15) is 4.39 Å². The minimum absolute atomic E-state index is 0.251. The summed E-state index contributed by atoms with van der Waals surface area (Å²) in [5, 5.41) is 3.85. The molecule has 0 fully saturated rings. The van der Waals surface area contributed by atoms with Crippen molar-refractivity contribution in [2.45, 2.75) is 25.8 Å². The summed E-state index contributed by atoms with van der Waals surface area (Å²) in [5.41, 5.74) is 2.19. The second-order valence-corrected chi connectivity index (χ2v) is 5.08. The molecule has 0 amide bonds. The van der Waals surface area contributed by atoms with Crippen molar-refractivity contribution in [3.63, 3.8) is 0 Å². The Morgan fingerprint density at radius 3 is 2.78 bits per heavy atom. The van der Waals surface area contributed by atoms with Gasteiger partial charge in [0, 0.05) is 17.6 Å². The molecule has 0 unspecified atom stereocenters. The molecular formula is C14H18ClFN2. The fourth-order valence-electron chi connectivity index (χ4n) is 2.44. The summed E-state index contributed by atoms with van der Waals surface area (Å²) in [7, 11) is 3.75. The zero-order chi connectivity index (χ0) is 13.3. The first-order valence-electron chi connectivity index (χ1n) is 6.16. The molecule has 0 radical (unpaired) electrons. The highest BCUT2D eigenvalue weighted by atomic mass is 35.5. The van der Waals surface area contributed by atoms with Gasteiger partial charge in [-0.15, -0.1) is 0 Å². The Balaban J connectivity index is 0.000000367. The molecule has 3 rings (SSSR count). The van der Waals surface area contributed by atoms with Gasteiger partial charge in [-0.2, -0.15) is 0 Å². The van der Waals surface area contributed by atoms with E-state index in [1.54, 1.807) is 6.07 Å². The lowest BCUT2D eigenvalue weighted by atomic mass is 9.99. The summed E-state index contributed by atoms with van der Waals surface area (Å²) >= 11 is 5.95. The molecule has 0 saturated heterocycles.